The average molecular weight is 481 g/mol. The lowest BCUT2D eigenvalue weighted by atomic mass is 9.89. The number of nitrogens with zero attached hydrogens (tertiary/aromatic N) is 4. The van der Waals surface area contributed by atoms with Crippen molar-refractivity contribution in [2.24, 2.45) is 0 Å². The summed E-state index contributed by atoms with van der Waals surface area (Å²) in [5.41, 5.74) is 0. The topological polar surface area (TPSA) is 100 Å². The van der Waals surface area contributed by atoms with Gasteiger partial charge in [-0.15, -0.1) is 21.5 Å². The van der Waals surface area contributed by atoms with Crippen molar-refractivity contribution in [2.45, 2.75) is 80.6 Å². The molecule has 31 heavy (non-hydrogen) atoms. The molecular weight excluding hydrogens is 452 g/mol. The van der Waals surface area contributed by atoms with Gasteiger partial charge in [-0.2, -0.15) is 0 Å². The first-order valence-electron chi connectivity index (χ1n) is 10.9. The van der Waals surface area contributed by atoms with Crippen LogP contribution >= 0.6 is 34.4 Å². The van der Waals surface area contributed by atoms with Gasteiger partial charge in [0.1, 0.15) is 0 Å². The summed E-state index contributed by atoms with van der Waals surface area (Å²) in [5.74, 6) is 0.0832. The Bertz CT molecular complexity index is 829. The number of nitrogens with one attached hydrogen (secondary N) is 2. The van der Waals surface area contributed by atoms with Crippen LogP contribution in [0.5, 0.6) is 0 Å². The number of hydrogen-bond donors (Lipinski definition) is 2. The quantitative estimate of drug-likeness (QED) is 0.416. The number of carbonyl (C=O) groups is 2. The van der Waals surface area contributed by atoms with Gasteiger partial charge in [-0.1, -0.05) is 61.6 Å². The Balaban J connectivity index is 1.33. The molecule has 11 heteroatoms. The van der Waals surface area contributed by atoms with E-state index in [9.17, 15) is 9.59 Å². The zero-order valence-electron chi connectivity index (χ0n) is 17.4. The molecule has 2 aromatic heterocycles. The van der Waals surface area contributed by atoms with E-state index in [1.165, 1.54) is 73.0 Å². The maximum Gasteiger partial charge on any atom is 0.324 e. The van der Waals surface area contributed by atoms with Gasteiger partial charge in [0.2, 0.25) is 11.0 Å². The minimum atomic E-state index is -0.137. The van der Waals surface area contributed by atoms with Crippen molar-refractivity contribution in [2.75, 3.05) is 16.4 Å². The normalized spacial score (nSPS) is 17.9. The Labute approximate surface area is 194 Å². The molecular formula is C20H28N6O2S3. The molecule has 2 heterocycles. The highest BCUT2D eigenvalue weighted by molar-refractivity contribution is 8.01. The van der Waals surface area contributed by atoms with Crippen molar-refractivity contribution in [1.82, 2.24) is 20.1 Å². The summed E-state index contributed by atoms with van der Waals surface area (Å²) in [6, 6.07) is 0.606. The first kappa shape index (κ1) is 22.5. The van der Waals surface area contributed by atoms with E-state index in [1.807, 2.05) is 5.38 Å². The number of anilines is 2. The monoisotopic (exact) mass is 480 g/mol. The molecule has 0 aromatic carbocycles. The second kappa shape index (κ2) is 11.2. The van der Waals surface area contributed by atoms with Crippen molar-refractivity contribution in [3.63, 3.8) is 0 Å². The summed E-state index contributed by atoms with van der Waals surface area (Å²) in [6.45, 7) is 0. The smallest absolute Gasteiger partial charge is 0.319 e. The third kappa shape index (κ3) is 6.39. The summed E-state index contributed by atoms with van der Waals surface area (Å²) < 4.78 is 0.659. The van der Waals surface area contributed by atoms with E-state index in [0.29, 0.717) is 26.7 Å². The first-order valence-corrected chi connectivity index (χ1v) is 13.6. The zero-order chi connectivity index (χ0) is 21.5. The number of urea groups is 1. The molecule has 8 nitrogen and oxygen atoms in total. The van der Waals surface area contributed by atoms with Crippen LogP contribution in [-0.4, -0.2) is 49.9 Å². The van der Waals surface area contributed by atoms with E-state index in [0.717, 1.165) is 25.7 Å². The van der Waals surface area contributed by atoms with Crippen molar-refractivity contribution in [3.05, 3.63) is 11.6 Å². The Morgan fingerprint density at radius 2 is 1.65 bits per heavy atom. The Morgan fingerprint density at radius 3 is 2.26 bits per heavy atom. The Morgan fingerprint density at radius 1 is 0.968 bits per heavy atom. The van der Waals surface area contributed by atoms with Gasteiger partial charge in [0.05, 0.1) is 5.75 Å². The van der Waals surface area contributed by atoms with E-state index < -0.39 is 0 Å². The SMILES string of the molecule is O=C(CSc1nnc(NC(=O)N(C2CCCCC2)C2CCCCC2)s1)Nc1nccs1. The highest BCUT2D eigenvalue weighted by Gasteiger charge is 2.33. The lowest BCUT2D eigenvalue weighted by molar-refractivity contribution is -0.113. The number of hydrogen-bond acceptors (Lipinski definition) is 8. The van der Waals surface area contributed by atoms with Crippen LogP contribution in [0.25, 0.3) is 0 Å². The predicted octanol–water partition coefficient (Wildman–Crippen LogP) is 5.22. The summed E-state index contributed by atoms with van der Waals surface area (Å²) in [7, 11) is 0. The molecule has 2 aliphatic rings. The lowest BCUT2D eigenvalue weighted by Crippen LogP contribution is -2.50. The van der Waals surface area contributed by atoms with Gasteiger partial charge in [-0.3, -0.25) is 10.1 Å². The van der Waals surface area contributed by atoms with Crippen molar-refractivity contribution in [3.8, 4) is 0 Å². The van der Waals surface area contributed by atoms with E-state index >= 15 is 0 Å². The van der Waals surface area contributed by atoms with Crippen LogP contribution in [0.3, 0.4) is 0 Å². The van der Waals surface area contributed by atoms with Crippen LogP contribution < -0.4 is 10.6 Å². The summed E-state index contributed by atoms with van der Waals surface area (Å²) >= 11 is 4.00. The highest BCUT2D eigenvalue weighted by Crippen LogP contribution is 2.32. The van der Waals surface area contributed by atoms with Gasteiger partial charge in [-0.05, 0) is 25.7 Å². The van der Waals surface area contributed by atoms with Gasteiger partial charge in [-0.25, -0.2) is 9.78 Å². The van der Waals surface area contributed by atoms with Gasteiger partial charge >= 0.3 is 6.03 Å². The van der Waals surface area contributed by atoms with Crippen LogP contribution in [0.4, 0.5) is 15.1 Å². The molecule has 2 aromatic rings. The van der Waals surface area contributed by atoms with Gasteiger partial charge in [0, 0.05) is 23.7 Å². The number of thioether (sulfide) groups is 1. The predicted molar refractivity (Wildman–Crippen MR) is 126 cm³/mol. The van der Waals surface area contributed by atoms with Crippen LogP contribution in [0.2, 0.25) is 0 Å². The first-order chi connectivity index (χ1) is 15.2. The number of carbonyl (C=O) groups excluding carboxylic acids is 2. The maximum atomic E-state index is 13.2. The molecule has 0 radical (unpaired) electrons. The zero-order valence-corrected chi connectivity index (χ0v) is 19.9. The molecule has 4 rings (SSSR count). The maximum absolute atomic E-state index is 13.2. The van der Waals surface area contributed by atoms with Gasteiger partial charge < -0.3 is 10.2 Å². The van der Waals surface area contributed by atoms with Gasteiger partial charge in [0.15, 0.2) is 9.47 Å². The van der Waals surface area contributed by atoms with Crippen molar-refractivity contribution >= 4 is 56.6 Å². The fourth-order valence-electron chi connectivity index (χ4n) is 4.39. The summed E-state index contributed by atoms with van der Waals surface area (Å²) in [5, 5.41) is 16.9. The third-order valence-corrected chi connectivity index (χ3v) is 8.46. The second-order valence-electron chi connectivity index (χ2n) is 7.97. The minimum Gasteiger partial charge on any atom is -0.319 e. The van der Waals surface area contributed by atoms with E-state index in [1.54, 1.807) is 6.20 Å². The van der Waals surface area contributed by atoms with Crippen molar-refractivity contribution in [1.29, 1.82) is 0 Å². The fraction of sp³-hybridized carbons (Fsp3) is 0.650. The molecule has 3 amide bonds. The van der Waals surface area contributed by atoms with Crippen LogP contribution in [0, 0.1) is 0 Å². The molecule has 0 bridgehead atoms. The summed E-state index contributed by atoms with van der Waals surface area (Å²) in [6.07, 6.45) is 13.3. The second-order valence-corrected chi connectivity index (χ2v) is 11.1. The number of rotatable bonds is 7. The number of thiazole rings is 1. The Kier molecular flexibility index (Phi) is 8.15. The lowest BCUT2D eigenvalue weighted by Gasteiger charge is -2.41. The average Bonchev–Trinajstić information content (AvgIpc) is 3.46. The molecule has 2 fully saturated rings. The standard InChI is InChI=1S/C20H28N6O2S3/c27-16(22-17-21-11-12-29-17)13-30-20-25-24-18(31-20)23-19(28)26(14-7-3-1-4-8-14)15-9-5-2-6-10-15/h11-12,14-15H,1-10,13H2,(H,21,22,27)(H,23,24,28). The number of aromatic nitrogens is 3. The highest BCUT2D eigenvalue weighted by atomic mass is 32.2. The molecule has 0 unspecified atom stereocenters. The van der Waals surface area contributed by atoms with E-state index in [4.69, 9.17) is 0 Å². The molecule has 0 spiro atoms. The fourth-order valence-corrected chi connectivity index (χ4v) is 6.48. The molecule has 2 N–H and O–H groups in total. The van der Waals surface area contributed by atoms with E-state index in [-0.39, 0.29) is 17.7 Å². The van der Waals surface area contributed by atoms with Crippen LogP contribution in [0.15, 0.2) is 15.9 Å². The Hall–Kier alpha value is -1.72. The molecule has 0 atom stereocenters. The third-order valence-electron chi connectivity index (χ3n) is 5.80. The molecule has 0 saturated heterocycles. The molecule has 2 aliphatic carbocycles. The molecule has 0 aliphatic heterocycles. The van der Waals surface area contributed by atoms with Crippen LogP contribution in [0.1, 0.15) is 64.2 Å². The van der Waals surface area contributed by atoms with Crippen LogP contribution in [-0.2, 0) is 4.79 Å². The van der Waals surface area contributed by atoms with E-state index in [2.05, 4.69) is 30.7 Å². The largest absolute Gasteiger partial charge is 0.324 e. The molecule has 168 valence electrons. The number of amides is 3. The summed E-state index contributed by atoms with van der Waals surface area (Å²) in [4.78, 5) is 31.4. The molecule has 2 saturated carbocycles. The minimum absolute atomic E-state index is 0.0481. The van der Waals surface area contributed by atoms with Gasteiger partial charge in [0.25, 0.3) is 0 Å². The van der Waals surface area contributed by atoms with Crippen molar-refractivity contribution < 1.29 is 9.59 Å².